The third kappa shape index (κ3) is 4.50. The van der Waals surface area contributed by atoms with Crippen LogP contribution in [0.25, 0.3) is 11.1 Å². The molecule has 0 heterocycles. The lowest BCUT2D eigenvalue weighted by Gasteiger charge is -2.16. The first-order valence-corrected chi connectivity index (χ1v) is 8.67. The molecule has 2 rings (SSSR count). The van der Waals surface area contributed by atoms with Gasteiger partial charge >= 0.3 is 0 Å². The lowest BCUT2D eigenvalue weighted by Crippen LogP contribution is -2.14. The molecule has 0 aromatic heterocycles. The van der Waals surface area contributed by atoms with Gasteiger partial charge in [-0.25, -0.2) is 8.78 Å². The van der Waals surface area contributed by atoms with Crippen LogP contribution in [0.2, 0.25) is 5.02 Å². The molecule has 0 atom stereocenters. The second-order valence-corrected chi connectivity index (χ2v) is 6.10. The number of benzene rings is 2. The second-order valence-electron chi connectivity index (χ2n) is 5.69. The maximum absolute atomic E-state index is 13.8. The summed E-state index contributed by atoms with van der Waals surface area (Å²) in [6.45, 7) is 6.30. The number of nitrogens with zero attached hydrogens (tertiary/aromatic N) is 3. The highest BCUT2D eigenvalue weighted by Gasteiger charge is 2.21. The van der Waals surface area contributed by atoms with Gasteiger partial charge in [0.25, 0.3) is 0 Å². The van der Waals surface area contributed by atoms with Gasteiger partial charge in [-0.05, 0) is 44.5 Å². The van der Waals surface area contributed by atoms with Crippen molar-refractivity contribution in [2.24, 2.45) is 10.3 Å². The predicted molar refractivity (Wildman–Crippen MR) is 102 cm³/mol. The monoisotopic (exact) mass is 389 g/mol. The highest BCUT2D eigenvalue weighted by atomic mass is 35.5. The Kier molecular flexibility index (Phi) is 6.65. The van der Waals surface area contributed by atoms with E-state index in [1.165, 1.54) is 13.0 Å². The Balaban J connectivity index is 2.89. The summed E-state index contributed by atoms with van der Waals surface area (Å²) in [6, 6.07) is 4.34. The fourth-order valence-electron chi connectivity index (χ4n) is 2.60. The van der Waals surface area contributed by atoms with E-state index in [-0.39, 0.29) is 38.7 Å². The van der Waals surface area contributed by atoms with Gasteiger partial charge in [0.1, 0.15) is 17.3 Å². The Morgan fingerprint density at radius 2 is 1.78 bits per heavy atom. The first kappa shape index (κ1) is 20.5. The lowest BCUT2D eigenvalue weighted by molar-refractivity contribution is 0.101. The number of Topliss-reactive ketones (excluding diaryl/α,β-unsaturated/α-hetero) is 1. The number of hydrogen-bond acceptors (Lipinski definition) is 3. The molecule has 27 heavy (non-hydrogen) atoms. The van der Waals surface area contributed by atoms with Crippen LogP contribution in [0.5, 0.6) is 0 Å². The van der Waals surface area contributed by atoms with Crippen molar-refractivity contribution < 1.29 is 13.6 Å². The molecule has 2 aromatic carbocycles. The van der Waals surface area contributed by atoms with Crippen molar-refractivity contribution in [2.75, 3.05) is 13.1 Å². The molecule has 0 fully saturated rings. The van der Waals surface area contributed by atoms with E-state index in [0.717, 1.165) is 18.2 Å². The van der Waals surface area contributed by atoms with E-state index in [4.69, 9.17) is 18.0 Å². The first-order chi connectivity index (χ1) is 12.8. The third-order valence-electron chi connectivity index (χ3n) is 3.93. The zero-order chi connectivity index (χ0) is 20.1. The van der Waals surface area contributed by atoms with E-state index >= 15 is 0 Å². The van der Waals surface area contributed by atoms with Crippen LogP contribution in [-0.2, 0) is 0 Å². The van der Waals surface area contributed by atoms with Crippen LogP contribution in [0.3, 0.4) is 0 Å². The third-order valence-corrected chi connectivity index (χ3v) is 4.23. The van der Waals surface area contributed by atoms with E-state index in [2.05, 4.69) is 16.3 Å². The van der Waals surface area contributed by atoms with Crippen molar-refractivity contribution in [1.29, 1.82) is 0 Å². The molecule has 0 aliphatic carbocycles. The molecule has 0 unspecified atom stereocenters. The standard InChI is InChI=1S/C20H18ClF2N3O/c1-5-16-18(21)11-17(12(4)27)19(13-8-14(22)10-15(23)9-13)20(16)24-25-26(6-2)7-3/h1,8-11H,6-7H2,2-4H3. The van der Waals surface area contributed by atoms with Crippen LogP contribution in [0.1, 0.15) is 36.7 Å². The average molecular weight is 390 g/mol. The normalized spacial score (nSPS) is 10.9. The SMILES string of the molecule is C#Cc1c(Cl)cc(C(C)=O)c(-c2cc(F)cc(F)c2)c1N=NN(CC)CC. The largest absolute Gasteiger partial charge is 0.294 e. The van der Waals surface area contributed by atoms with E-state index in [0.29, 0.717) is 13.1 Å². The fraction of sp³-hybridized carbons (Fsp3) is 0.250. The van der Waals surface area contributed by atoms with Crippen molar-refractivity contribution in [3.05, 3.63) is 52.0 Å². The van der Waals surface area contributed by atoms with E-state index in [1.54, 1.807) is 5.01 Å². The molecule has 0 spiro atoms. The predicted octanol–water partition coefficient (Wildman–Crippen LogP) is 5.81. The minimum atomic E-state index is -0.789. The summed E-state index contributed by atoms with van der Waals surface area (Å²) in [5.74, 6) is 0.501. The van der Waals surface area contributed by atoms with Gasteiger partial charge < -0.3 is 0 Å². The topological polar surface area (TPSA) is 45.0 Å². The van der Waals surface area contributed by atoms with E-state index in [1.807, 2.05) is 13.8 Å². The summed E-state index contributed by atoms with van der Waals surface area (Å²) in [6.07, 6.45) is 5.57. The van der Waals surface area contributed by atoms with E-state index < -0.39 is 11.6 Å². The smallest absolute Gasteiger partial charge is 0.160 e. The molecular weight excluding hydrogens is 372 g/mol. The fourth-order valence-corrected chi connectivity index (χ4v) is 2.85. The molecule has 0 amide bonds. The summed E-state index contributed by atoms with van der Waals surface area (Å²) < 4.78 is 27.6. The van der Waals surface area contributed by atoms with Gasteiger partial charge in [-0.2, -0.15) is 0 Å². The summed E-state index contributed by atoms with van der Waals surface area (Å²) >= 11 is 6.23. The second kappa shape index (κ2) is 8.74. The zero-order valence-corrected chi connectivity index (χ0v) is 15.9. The Morgan fingerprint density at radius 3 is 2.26 bits per heavy atom. The van der Waals surface area contributed by atoms with Gasteiger partial charge in [0, 0.05) is 30.3 Å². The van der Waals surface area contributed by atoms with Gasteiger partial charge in [0.2, 0.25) is 0 Å². The van der Waals surface area contributed by atoms with Crippen molar-refractivity contribution in [3.8, 4) is 23.5 Å². The minimum Gasteiger partial charge on any atom is -0.294 e. The minimum absolute atomic E-state index is 0.118. The van der Waals surface area contributed by atoms with Crippen molar-refractivity contribution >= 4 is 23.1 Å². The molecule has 0 N–H and O–H groups in total. The van der Waals surface area contributed by atoms with Gasteiger partial charge in [0.05, 0.1) is 10.6 Å². The van der Waals surface area contributed by atoms with Crippen LogP contribution >= 0.6 is 11.6 Å². The molecule has 0 saturated carbocycles. The van der Waals surface area contributed by atoms with Gasteiger partial charge in [-0.3, -0.25) is 9.80 Å². The molecule has 0 radical (unpaired) electrons. The maximum Gasteiger partial charge on any atom is 0.160 e. The highest BCUT2D eigenvalue weighted by molar-refractivity contribution is 6.33. The molecule has 0 saturated heterocycles. The van der Waals surface area contributed by atoms with Crippen LogP contribution in [-0.4, -0.2) is 23.9 Å². The number of terminal acetylenes is 1. The molecule has 2 aromatic rings. The summed E-state index contributed by atoms with van der Waals surface area (Å²) in [5.41, 5.74) is 0.773. The molecule has 0 aliphatic heterocycles. The zero-order valence-electron chi connectivity index (χ0n) is 15.2. The number of halogens is 3. The summed E-state index contributed by atoms with van der Waals surface area (Å²) in [4.78, 5) is 12.2. The quantitative estimate of drug-likeness (QED) is 0.271. The van der Waals surface area contributed by atoms with Crippen molar-refractivity contribution in [1.82, 2.24) is 5.01 Å². The number of hydrogen-bond donors (Lipinski definition) is 0. The van der Waals surface area contributed by atoms with Crippen molar-refractivity contribution in [3.63, 3.8) is 0 Å². The van der Waals surface area contributed by atoms with Crippen LogP contribution in [0, 0.1) is 24.0 Å². The van der Waals surface area contributed by atoms with Gasteiger partial charge in [0.15, 0.2) is 5.78 Å². The number of rotatable bonds is 6. The highest BCUT2D eigenvalue weighted by Crippen LogP contribution is 2.41. The first-order valence-electron chi connectivity index (χ1n) is 8.29. The molecular formula is C20H18ClF2N3O. The number of carbonyl (C=O) groups excluding carboxylic acids is 1. The Morgan fingerprint density at radius 1 is 1.19 bits per heavy atom. The van der Waals surface area contributed by atoms with Crippen molar-refractivity contribution in [2.45, 2.75) is 20.8 Å². The lowest BCUT2D eigenvalue weighted by atomic mass is 9.93. The van der Waals surface area contributed by atoms with E-state index in [9.17, 15) is 13.6 Å². The van der Waals surface area contributed by atoms with Crippen LogP contribution in [0.4, 0.5) is 14.5 Å². The Labute approximate surface area is 161 Å². The molecule has 0 bridgehead atoms. The average Bonchev–Trinajstić information content (AvgIpc) is 2.61. The summed E-state index contributed by atoms with van der Waals surface area (Å²) in [5, 5.41) is 10.1. The molecule has 0 aliphatic rings. The van der Waals surface area contributed by atoms with Crippen LogP contribution < -0.4 is 0 Å². The molecule has 140 valence electrons. The van der Waals surface area contributed by atoms with Crippen LogP contribution in [0.15, 0.2) is 34.6 Å². The Bertz CT molecular complexity index is 927. The van der Waals surface area contributed by atoms with Gasteiger partial charge in [-0.15, -0.1) is 11.5 Å². The number of ketones is 1. The molecule has 4 nitrogen and oxygen atoms in total. The molecule has 7 heteroatoms. The maximum atomic E-state index is 13.8. The summed E-state index contributed by atoms with van der Waals surface area (Å²) in [7, 11) is 0. The van der Waals surface area contributed by atoms with Gasteiger partial charge in [-0.1, -0.05) is 22.7 Å². The number of carbonyl (C=O) groups is 1. The Hall–Kier alpha value is -2.78.